The number of aromatic nitrogens is 3. The van der Waals surface area contributed by atoms with Gasteiger partial charge in [0.2, 0.25) is 0 Å². The molecule has 80 valence electrons. The van der Waals surface area contributed by atoms with Crippen molar-refractivity contribution in [2.24, 2.45) is 0 Å². The fourth-order valence-electron chi connectivity index (χ4n) is 1.60. The summed E-state index contributed by atoms with van der Waals surface area (Å²) in [5, 5.41) is 8.81. The van der Waals surface area contributed by atoms with Crippen LogP contribution >= 0.6 is 15.9 Å². The number of imidazole rings is 1. The summed E-state index contributed by atoms with van der Waals surface area (Å²) in [6.45, 7) is 2.90. The Morgan fingerprint density at radius 1 is 1.53 bits per heavy atom. The third-order valence-corrected chi connectivity index (χ3v) is 2.72. The Morgan fingerprint density at radius 2 is 2.33 bits per heavy atom. The van der Waals surface area contributed by atoms with E-state index in [0.717, 1.165) is 34.4 Å². The van der Waals surface area contributed by atoms with Crippen molar-refractivity contribution in [3.8, 4) is 0 Å². The summed E-state index contributed by atoms with van der Waals surface area (Å²) in [5.41, 5.74) is 1.77. The van der Waals surface area contributed by atoms with Crippen molar-refractivity contribution in [2.45, 2.75) is 19.9 Å². The number of fused-ring (bicyclic) bond motifs is 1. The maximum atomic E-state index is 8.81. The van der Waals surface area contributed by atoms with E-state index < -0.39 is 0 Å². The quantitative estimate of drug-likeness (QED) is 0.926. The predicted octanol–water partition coefficient (Wildman–Crippen LogP) is 1.88. The Kier molecular flexibility index (Phi) is 3.02. The number of pyridine rings is 1. The van der Waals surface area contributed by atoms with Crippen molar-refractivity contribution in [3.05, 3.63) is 22.6 Å². The molecule has 1 N–H and O–H groups in total. The third kappa shape index (κ3) is 2.03. The minimum absolute atomic E-state index is 0.190. The molecule has 2 heterocycles. The van der Waals surface area contributed by atoms with Crippen LogP contribution < -0.4 is 0 Å². The van der Waals surface area contributed by atoms with Crippen LogP contribution in [0.15, 0.2) is 16.7 Å². The molecule has 0 aliphatic carbocycles. The molecule has 0 aromatic carbocycles. The van der Waals surface area contributed by atoms with Gasteiger partial charge in [0.25, 0.3) is 0 Å². The molecule has 4 nitrogen and oxygen atoms in total. The maximum Gasteiger partial charge on any atom is 0.160 e. The largest absolute Gasteiger partial charge is 0.396 e. The van der Waals surface area contributed by atoms with Crippen LogP contribution in [0.2, 0.25) is 0 Å². The molecular weight excluding hydrogens is 258 g/mol. The number of nitrogens with zero attached hydrogens (tertiary/aromatic N) is 3. The zero-order valence-corrected chi connectivity index (χ0v) is 10.0. The van der Waals surface area contributed by atoms with E-state index in [1.807, 2.05) is 17.6 Å². The van der Waals surface area contributed by atoms with Crippen molar-refractivity contribution >= 4 is 27.1 Å². The Bertz CT molecular complexity index is 481. The maximum absolute atomic E-state index is 8.81. The van der Waals surface area contributed by atoms with Gasteiger partial charge in [-0.1, -0.05) is 0 Å². The molecule has 0 saturated carbocycles. The summed E-state index contributed by atoms with van der Waals surface area (Å²) in [4.78, 5) is 8.74. The van der Waals surface area contributed by atoms with Gasteiger partial charge in [0.15, 0.2) is 5.65 Å². The van der Waals surface area contributed by atoms with E-state index in [1.54, 1.807) is 6.20 Å². The lowest BCUT2D eigenvalue weighted by Crippen LogP contribution is -2.03. The fraction of sp³-hybridized carbons (Fsp3) is 0.400. The molecule has 0 atom stereocenters. The summed E-state index contributed by atoms with van der Waals surface area (Å²) in [6.07, 6.45) is 2.49. The van der Waals surface area contributed by atoms with Crippen LogP contribution in [0.5, 0.6) is 0 Å². The van der Waals surface area contributed by atoms with Crippen LogP contribution in [0.25, 0.3) is 11.2 Å². The first kappa shape index (κ1) is 10.6. The molecule has 0 radical (unpaired) electrons. The second-order valence-electron chi connectivity index (χ2n) is 3.38. The van der Waals surface area contributed by atoms with Crippen LogP contribution in [0, 0.1) is 6.92 Å². The molecule has 2 aromatic heterocycles. The van der Waals surface area contributed by atoms with E-state index in [4.69, 9.17) is 5.11 Å². The number of halogens is 1. The second-order valence-corrected chi connectivity index (χ2v) is 4.30. The van der Waals surface area contributed by atoms with Crippen molar-refractivity contribution in [1.29, 1.82) is 0 Å². The van der Waals surface area contributed by atoms with Crippen LogP contribution in [0.3, 0.4) is 0 Å². The highest BCUT2D eigenvalue weighted by Crippen LogP contribution is 2.18. The highest BCUT2D eigenvalue weighted by atomic mass is 79.9. The Balaban J connectivity index is 2.48. The molecule has 15 heavy (non-hydrogen) atoms. The van der Waals surface area contributed by atoms with Crippen LogP contribution in [-0.4, -0.2) is 26.2 Å². The lowest BCUT2D eigenvalue weighted by molar-refractivity contribution is 0.280. The number of hydrogen-bond donors (Lipinski definition) is 1. The normalized spacial score (nSPS) is 11.1. The monoisotopic (exact) mass is 269 g/mol. The molecular formula is C10H12BrN3O. The lowest BCUT2D eigenvalue weighted by Gasteiger charge is -2.03. The Labute approximate surface area is 96.1 Å². The molecule has 5 heteroatoms. The summed E-state index contributed by atoms with van der Waals surface area (Å²) in [5.74, 6) is 0.934. The van der Waals surface area contributed by atoms with Crippen LogP contribution in [0.1, 0.15) is 12.2 Å². The molecule has 0 saturated heterocycles. The highest BCUT2D eigenvalue weighted by molar-refractivity contribution is 9.10. The molecule has 0 unspecified atom stereocenters. The van der Waals surface area contributed by atoms with Gasteiger partial charge < -0.3 is 9.67 Å². The SMILES string of the molecule is Cc1nc2cc(Br)cnc2n1CCCO. The predicted molar refractivity (Wildman–Crippen MR) is 61.7 cm³/mol. The van der Waals surface area contributed by atoms with E-state index >= 15 is 0 Å². The zero-order chi connectivity index (χ0) is 10.8. The van der Waals surface area contributed by atoms with Gasteiger partial charge >= 0.3 is 0 Å². The first-order chi connectivity index (χ1) is 7.22. The summed E-state index contributed by atoms with van der Waals surface area (Å²) >= 11 is 3.37. The molecule has 0 bridgehead atoms. The van der Waals surface area contributed by atoms with Crippen LogP contribution in [0.4, 0.5) is 0 Å². The summed E-state index contributed by atoms with van der Waals surface area (Å²) in [6, 6.07) is 1.95. The van der Waals surface area contributed by atoms with Crippen molar-refractivity contribution in [2.75, 3.05) is 6.61 Å². The minimum atomic E-state index is 0.190. The Morgan fingerprint density at radius 3 is 3.07 bits per heavy atom. The van der Waals surface area contributed by atoms with E-state index in [-0.39, 0.29) is 6.61 Å². The van der Waals surface area contributed by atoms with Crippen molar-refractivity contribution in [3.63, 3.8) is 0 Å². The van der Waals surface area contributed by atoms with Crippen molar-refractivity contribution in [1.82, 2.24) is 14.5 Å². The zero-order valence-electron chi connectivity index (χ0n) is 8.44. The smallest absolute Gasteiger partial charge is 0.160 e. The van der Waals surface area contributed by atoms with E-state index in [0.29, 0.717) is 0 Å². The molecule has 0 spiro atoms. The van der Waals surface area contributed by atoms with E-state index in [1.165, 1.54) is 0 Å². The molecule has 0 amide bonds. The number of aliphatic hydroxyl groups is 1. The average molecular weight is 270 g/mol. The summed E-state index contributed by atoms with van der Waals surface area (Å²) < 4.78 is 2.96. The molecule has 0 aliphatic heterocycles. The number of aliphatic hydroxyl groups excluding tert-OH is 1. The lowest BCUT2D eigenvalue weighted by atomic mass is 10.4. The van der Waals surface area contributed by atoms with Gasteiger partial charge in [-0.05, 0) is 35.3 Å². The number of aryl methyl sites for hydroxylation is 2. The van der Waals surface area contributed by atoms with Crippen LogP contribution in [-0.2, 0) is 6.54 Å². The molecule has 0 fully saturated rings. The first-order valence-corrected chi connectivity index (χ1v) is 5.61. The third-order valence-electron chi connectivity index (χ3n) is 2.28. The fourth-order valence-corrected chi connectivity index (χ4v) is 1.92. The standard InChI is InChI=1S/C10H12BrN3O/c1-7-13-9-5-8(11)6-12-10(9)14(7)3-2-4-15/h5-6,15H,2-4H2,1H3. The van der Waals surface area contributed by atoms with E-state index in [9.17, 15) is 0 Å². The highest BCUT2D eigenvalue weighted by Gasteiger charge is 2.08. The Hall–Kier alpha value is -0.940. The van der Waals surface area contributed by atoms with Gasteiger partial charge in [0.1, 0.15) is 11.3 Å². The van der Waals surface area contributed by atoms with Gasteiger partial charge in [-0.25, -0.2) is 9.97 Å². The second kappa shape index (κ2) is 4.28. The molecule has 0 aliphatic rings. The topological polar surface area (TPSA) is 50.9 Å². The minimum Gasteiger partial charge on any atom is -0.396 e. The average Bonchev–Trinajstić information content (AvgIpc) is 2.50. The van der Waals surface area contributed by atoms with Gasteiger partial charge in [0, 0.05) is 23.8 Å². The van der Waals surface area contributed by atoms with Gasteiger partial charge in [-0.15, -0.1) is 0 Å². The van der Waals surface area contributed by atoms with Gasteiger partial charge in [0.05, 0.1) is 0 Å². The summed E-state index contributed by atoms with van der Waals surface area (Å²) in [7, 11) is 0. The number of rotatable bonds is 3. The van der Waals surface area contributed by atoms with Gasteiger partial charge in [-0.3, -0.25) is 0 Å². The van der Waals surface area contributed by atoms with Gasteiger partial charge in [-0.2, -0.15) is 0 Å². The molecule has 2 rings (SSSR count). The van der Waals surface area contributed by atoms with E-state index in [2.05, 4.69) is 25.9 Å². The first-order valence-electron chi connectivity index (χ1n) is 4.81. The van der Waals surface area contributed by atoms with Crippen molar-refractivity contribution < 1.29 is 5.11 Å². The number of hydrogen-bond acceptors (Lipinski definition) is 3. The molecule has 2 aromatic rings.